The third kappa shape index (κ3) is 6.35. The van der Waals surface area contributed by atoms with Gasteiger partial charge in [0.1, 0.15) is 24.0 Å². The number of nitrogens with one attached hydrogen (secondary N) is 2. The molecule has 194 valence electrons. The van der Waals surface area contributed by atoms with E-state index < -0.39 is 0 Å². The van der Waals surface area contributed by atoms with Crippen LogP contribution in [0.2, 0.25) is 0 Å². The summed E-state index contributed by atoms with van der Waals surface area (Å²) in [5.41, 5.74) is 4.78. The van der Waals surface area contributed by atoms with Gasteiger partial charge in [0.2, 0.25) is 0 Å². The average molecular weight is 506 g/mol. The van der Waals surface area contributed by atoms with Crippen LogP contribution >= 0.6 is 0 Å². The number of carbonyl (C=O) groups is 1. The zero-order valence-electron chi connectivity index (χ0n) is 21.5. The molecule has 7 heteroatoms. The van der Waals surface area contributed by atoms with Crippen molar-refractivity contribution in [2.75, 3.05) is 32.1 Å². The van der Waals surface area contributed by atoms with Gasteiger partial charge in [-0.15, -0.1) is 0 Å². The summed E-state index contributed by atoms with van der Waals surface area (Å²) in [5, 5.41) is 6.29. The number of nitrogens with zero attached hydrogens (tertiary/aromatic N) is 1. The normalized spacial score (nSPS) is 16.7. The number of allylic oxidation sites excluding steroid dienone is 6. The van der Waals surface area contributed by atoms with Crippen LogP contribution in [0.1, 0.15) is 37.8 Å². The Balaban J connectivity index is 1.67. The topological polar surface area (TPSA) is 53.6 Å². The molecule has 1 aliphatic carbocycles. The summed E-state index contributed by atoms with van der Waals surface area (Å²) in [6.07, 6.45) is 7.91. The monoisotopic (exact) mass is 505 g/mol. The molecule has 1 atom stereocenters. The molecule has 2 aliphatic rings. The molecule has 0 radical (unpaired) electrons. The SMILES string of the molecule is CCNCC(CC)N(C)C(=O)Nc1cccc(/C=C2\C3=C(CC=C(F)C=C3)COc3cc(F)ccc32)c1. The van der Waals surface area contributed by atoms with E-state index in [9.17, 15) is 13.6 Å². The molecule has 0 bridgehead atoms. The molecular formula is C30H33F2N3O2. The van der Waals surface area contributed by atoms with Crippen LogP contribution in [0.5, 0.6) is 5.75 Å². The van der Waals surface area contributed by atoms with Gasteiger partial charge in [0, 0.05) is 37.0 Å². The summed E-state index contributed by atoms with van der Waals surface area (Å²) in [7, 11) is 1.80. The molecule has 4 rings (SSSR count). The van der Waals surface area contributed by atoms with Crippen LogP contribution in [-0.4, -0.2) is 43.7 Å². The molecular weight excluding hydrogens is 472 g/mol. The highest BCUT2D eigenvalue weighted by Crippen LogP contribution is 2.40. The van der Waals surface area contributed by atoms with Crippen molar-refractivity contribution in [3.05, 3.63) is 94.6 Å². The quantitative estimate of drug-likeness (QED) is 0.439. The third-order valence-corrected chi connectivity index (χ3v) is 6.68. The number of halogens is 2. The fourth-order valence-corrected chi connectivity index (χ4v) is 4.52. The number of rotatable bonds is 7. The minimum absolute atomic E-state index is 0.0783. The predicted octanol–water partition coefficient (Wildman–Crippen LogP) is 6.72. The van der Waals surface area contributed by atoms with Crippen LogP contribution in [0.3, 0.4) is 0 Å². The van der Waals surface area contributed by atoms with E-state index in [2.05, 4.69) is 17.6 Å². The Morgan fingerprint density at radius 3 is 2.78 bits per heavy atom. The third-order valence-electron chi connectivity index (χ3n) is 6.68. The lowest BCUT2D eigenvalue weighted by Crippen LogP contribution is -2.44. The number of carbonyl (C=O) groups excluding carboxylic acids is 1. The summed E-state index contributed by atoms with van der Waals surface area (Å²) in [6, 6.07) is 11.9. The molecule has 2 aromatic carbocycles. The fourth-order valence-electron chi connectivity index (χ4n) is 4.52. The van der Waals surface area contributed by atoms with E-state index in [0.717, 1.165) is 47.4 Å². The van der Waals surface area contributed by atoms with Crippen LogP contribution < -0.4 is 15.4 Å². The molecule has 5 nitrogen and oxygen atoms in total. The van der Waals surface area contributed by atoms with Gasteiger partial charge < -0.3 is 20.3 Å². The zero-order valence-corrected chi connectivity index (χ0v) is 21.5. The van der Waals surface area contributed by atoms with E-state index in [0.29, 0.717) is 17.9 Å². The Bertz CT molecular complexity index is 1280. The second-order valence-corrected chi connectivity index (χ2v) is 9.17. The molecule has 1 heterocycles. The molecule has 0 fully saturated rings. The second-order valence-electron chi connectivity index (χ2n) is 9.17. The lowest BCUT2D eigenvalue weighted by Gasteiger charge is -2.27. The van der Waals surface area contributed by atoms with Gasteiger partial charge in [-0.3, -0.25) is 0 Å². The molecule has 2 aromatic rings. The van der Waals surface area contributed by atoms with Crippen molar-refractivity contribution in [1.82, 2.24) is 10.2 Å². The highest BCUT2D eigenvalue weighted by molar-refractivity contribution is 5.97. The molecule has 2 N–H and O–H groups in total. The van der Waals surface area contributed by atoms with Crippen LogP contribution in [0.25, 0.3) is 11.6 Å². The van der Waals surface area contributed by atoms with Gasteiger partial charge in [0.05, 0.1) is 0 Å². The van der Waals surface area contributed by atoms with Crippen LogP contribution in [0, 0.1) is 5.82 Å². The highest BCUT2D eigenvalue weighted by Gasteiger charge is 2.22. The number of urea groups is 1. The van der Waals surface area contributed by atoms with E-state index in [4.69, 9.17) is 4.74 Å². The second kappa shape index (κ2) is 12.0. The molecule has 37 heavy (non-hydrogen) atoms. The summed E-state index contributed by atoms with van der Waals surface area (Å²) >= 11 is 0. The van der Waals surface area contributed by atoms with Crippen molar-refractivity contribution in [3.8, 4) is 5.75 Å². The Morgan fingerprint density at radius 1 is 1.16 bits per heavy atom. The van der Waals surface area contributed by atoms with E-state index >= 15 is 0 Å². The first-order chi connectivity index (χ1) is 17.9. The van der Waals surface area contributed by atoms with Gasteiger partial charge in [-0.1, -0.05) is 32.1 Å². The minimum atomic E-state index is -0.384. The van der Waals surface area contributed by atoms with Gasteiger partial charge in [0.25, 0.3) is 0 Å². The molecule has 2 amide bonds. The summed E-state index contributed by atoms with van der Waals surface area (Å²) in [6.45, 7) is 5.92. The van der Waals surface area contributed by atoms with E-state index in [1.54, 1.807) is 24.1 Å². The van der Waals surface area contributed by atoms with E-state index in [1.165, 1.54) is 24.3 Å². The van der Waals surface area contributed by atoms with E-state index in [1.807, 2.05) is 37.3 Å². The van der Waals surface area contributed by atoms with Crippen LogP contribution in [0.4, 0.5) is 19.3 Å². The number of benzene rings is 2. The fraction of sp³-hybridized carbons (Fsp3) is 0.300. The van der Waals surface area contributed by atoms with Crippen molar-refractivity contribution in [3.63, 3.8) is 0 Å². The standard InChI is InChI=1S/C30H33F2N3O2/c1-4-25(18-33-5-2)35(3)30(36)34-24-8-6-7-20(15-24)16-28-26-13-11-22(31)10-9-21(26)19-37-29-17-23(32)12-14-27(28)29/h6-8,10-17,25,33H,4-5,9,18-19H2,1-3H3,(H,34,36)/b28-16+. The van der Waals surface area contributed by atoms with Crippen LogP contribution in [0.15, 0.2) is 77.7 Å². The number of hydrogen-bond donors (Lipinski definition) is 2. The molecule has 0 saturated heterocycles. The summed E-state index contributed by atoms with van der Waals surface area (Å²) in [4.78, 5) is 14.7. The minimum Gasteiger partial charge on any atom is -0.488 e. The van der Waals surface area contributed by atoms with Gasteiger partial charge in [-0.25, -0.2) is 13.6 Å². The summed E-state index contributed by atoms with van der Waals surface area (Å²) < 4.78 is 34.0. The lowest BCUT2D eigenvalue weighted by atomic mass is 9.91. The molecule has 1 aliphatic heterocycles. The van der Waals surface area contributed by atoms with Gasteiger partial charge >= 0.3 is 6.03 Å². The number of ether oxygens (including phenoxy) is 1. The maximum Gasteiger partial charge on any atom is 0.321 e. The molecule has 0 spiro atoms. The molecule has 1 unspecified atom stereocenters. The Labute approximate surface area is 217 Å². The van der Waals surface area contributed by atoms with Crippen molar-refractivity contribution >= 4 is 23.4 Å². The lowest BCUT2D eigenvalue weighted by molar-refractivity contribution is 0.200. The number of amides is 2. The van der Waals surface area contributed by atoms with Gasteiger partial charge in [0.15, 0.2) is 0 Å². The van der Waals surface area contributed by atoms with Crippen molar-refractivity contribution < 1.29 is 18.3 Å². The average Bonchev–Trinajstić information content (AvgIpc) is 3.15. The van der Waals surface area contributed by atoms with Crippen molar-refractivity contribution in [2.24, 2.45) is 0 Å². The molecule has 0 saturated carbocycles. The Kier molecular flexibility index (Phi) is 8.56. The number of anilines is 1. The number of hydrogen-bond acceptors (Lipinski definition) is 3. The first-order valence-electron chi connectivity index (χ1n) is 12.6. The zero-order chi connectivity index (χ0) is 26.4. The Morgan fingerprint density at radius 2 is 2.00 bits per heavy atom. The van der Waals surface area contributed by atoms with E-state index in [-0.39, 0.29) is 30.3 Å². The van der Waals surface area contributed by atoms with Crippen molar-refractivity contribution in [1.29, 1.82) is 0 Å². The number of likely N-dealkylation sites (N-methyl/N-ethyl adjacent to an activating group) is 2. The maximum absolute atomic E-state index is 14.1. The molecule has 0 aromatic heterocycles. The van der Waals surface area contributed by atoms with Gasteiger partial charge in [-0.05, 0) is 84.2 Å². The predicted molar refractivity (Wildman–Crippen MR) is 146 cm³/mol. The first kappa shape index (κ1) is 26.4. The van der Waals surface area contributed by atoms with Crippen LogP contribution in [-0.2, 0) is 0 Å². The highest BCUT2D eigenvalue weighted by atomic mass is 19.1. The maximum atomic E-state index is 14.1. The first-order valence-corrected chi connectivity index (χ1v) is 12.6. The van der Waals surface area contributed by atoms with Gasteiger partial charge in [-0.2, -0.15) is 0 Å². The smallest absolute Gasteiger partial charge is 0.321 e. The number of fused-ring (bicyclic) bond motifs is 1. The Hall–Kier alpha value is -3.71. The summed E-state index contributed by atoms with van der Waals surface area (Å²) in [5.74, 6) is -0.250. The van der Waals surface area contributed by atoms with Crippen molar-refractivity contribution in [2.45, 2.75) is 32.7 Å². The largest absolute Gasteiger partial charge is 0.488 e.